The van der Waals surface area contributed by atoms with Gasteiger partial charge in [-0.05, 0) is 26.8 Å². The topological polar surface area (TPSA) is 32.3 Å². The van der Waals surface area contributed by atoms with Crippen molar-refractivity contribution in [3.05, 3.63) is 35.9 Å². The zero-order valence-corrected chi connectivity index (χ0v) is 10.0. The lowest BCUT2D eigenvalue weighted by molar-refractivity contribution is 0.191. The first kappa shape index (κ1) is 14.1. The number of hydrogen-bond acceptors (Lipinski definition) is 2. The second kappa shape index (κ2) is 9.69. The van der Waals surface area contributed by atoms with Gasteiger partial charge in [-0.25, -0.2) is 0 Å². The van der Waals surface area contributed by atoms with Crippen molar-refractivity contribution >= 4 is 0 Å². The van der Waals surface area contributed by atoms with Crippen molar-refractivity contribution in [2.24, 2.45) is 0 Å². The first-order chi connectivity index (χ1) is 7.16. The fourth-order valence-electron chi connectivity index (χ4n) is 1.02. The van der Waals surface area contributed by atoms with Crippen LogP contribution >= 0.6 is 0 Å². The Morgan fingerprint density at radius 1 is 1.27 bits per heavy atom. The fourth-order valence-corrected chi connectivity index (χ4v) is 1.02. The Labute approximate surface area is 93.3 Å². The maximum Gasteiger partial charge on any atom is 0.0636 e. The highest BCUT2D eigenvalue weighted by Gasteiger charge is 1.90. The summed E-state index contributed by atoms with van der Waals surface area (Å²) in [4.78, 5) is 0. The number of aliphatic hydroxyl groups excluding tert-OH is 1. The zero-order chi connectivity index (χ0) is 11.5. The molecule has 0 fully saturated rings. The van der Waals surface area contributed by atoms with E-state index >= 15 is 0 Å². The van der Waals surface area contributed by atoms with Crippen LogP contribution in [-0.2, 0) is 0 Å². The highest BCUT2D eigenvalue weighted by atomic mass is 16.3. The molecule has 2 nitrogen and oxygen atoms in total. The molecular formula is C13H23NO. The van der Waals surface area contributed by atoms with E-state index in [-0.39, 0.29) is 6.10 Å². The molecule has 0 bridgehead atoms. The summed E-state index contributed by atoms with van der Waals surface area (Å²) in [5, 5.41) is 11.8. The molecule has 0 heterocycles. The van der Waals surface area contributed by atoms with Crippen molar-refractivity contribution in [1.29, 1.82) is 0 Å². The summed E-state index contributed by atoms with van der Waals surface area (Å²) < 4.78 is 0. The minimum atomic E-state index is -0.207. The highest BCUT2D eigenvalue weighted by molar-refractivity contribution is 5.11. The number of nitrogens with one attached hydrogen (secondary N) is 1. The molecule has 0 saturated heterocycles. The monoisotopic (exact) mass is 209 g/mol. The first-order valence-corrected chi connectivity index (χ1v) is 5.57. The quantitative estimate of drug-likeness (QED) is 0.746. The average Bonchev–Trinajstić information content (AvgIpc) is 2.20. The van der Waals surface area contributed by atoms with Crippen LogP contribution in [0.1, 0.15) is 25.8 Å². The third-order valence-corrected chi connectivity index (χ3v) is 1.81. The van der Waals surface area contributed by atoms with Crippen molar-refractivity contribution in [3.8, 4) is 0 Å². The van der Waals surface area contributed by atoms with Crippen molar-refractivity contribution in [1.82, 2.24) is 5.32 Å². The van der Waals surface area contributed by atoms with Crippen LogP contribution < -0.4 is 5.32 Å². The number of hydrogen-bond donors (Lipinski definition) is 2. The van der Waals surface area contributed by atoms with Gasteiger partial charge in [0.15, 0.2) is 0 Å². The maximum absolute atomic E-state index is 8.72. The molecule has 1 atom stereocenters. The minimum Gasteiger partial charge on any atom is -0.392 e. The van der Waals surface area contributed by atoms with Crippen molar-refractivity contribution in [2.45, 2.75) is 33.3 Å². The summed E-state index contributed by atoms with van der Waals surface area (Å²) in [7, 11) is 0. The Hall–Kier alpha value is -0.860. The summed E-state index contributed by atoms with van der Waals surface area (Å²) in [5.41, 5.74) is 1.32. The van der Waals surface area contributed by atoms with E-state index in [0.717, 1.165) is 13.0 Å². The summed E-state index contributed by atoms with van der Waals surface area (Å²) in [6.45, 7) is 7.69. The van der Waals surface area contributed by atoms with Crippen LogP contribution in [0.2, 0.25) is 0 Å². The van der Waals surface area contributed by atoms with E-state index in [1.54, 1.807) is 6.92 Å². The Morgan fingerprint density at radius 3 is 2.20 bits per heavy atom. The Morgan fingerprint density at radius 2 is 1.87 bits per heavy atom. The van der Waals surface area contributed by atoms with Gasteiger partial charge in [-0.3, -0.25) is 0 Å². The summed E-state index contributed by atoms with van der Waals surface area (Å²) in [6, 6.07) is 10.3. The van der Waals surface area contributed by atoms with Crippen LogP contribution in [0.3, 0.4) is 0 Å². The van der Waals surface area contributed by atoms with E-state index in [4.69, 9.17) is 5.11 Å². The standard InChI is InChI=1S/C7H8.C6H15NO/c1-7-5-3-2-4-6-7;1-3-4-7-5-6(2)8/h2-6H,1H3;6-8H,3-5H2,1-2H3. The van der Waals surface area contributed by atoms with Crippen LogP contribution in [0.15, 0.2) is 30.3 Å². The molecule has 86 valence electrons. The van der Waals surface area contributed by atoms with E-state index in [2.05, 4.69) is 31.3 Å². The second-order valence-electron chi connectivity index (χ2n) is 3.71. The second-order valence-corrected chi connectivity index (χ2v) is 3.71. The van der Waals surface area contributed by atoms with Gasteiger partial charge in [-0.1, -0.05) is 42.8 Å². The van der Waals surface area contributed by atoms with E-state index in [1.165, 1.54) is 5.56 Å². The van der Waals surface area contributed by atoms with Crippen LogP contribution in [0.5, 0.6) is 0 Å². The Balaban J connectivity index is 0.000000262. The summed E-state index contributed by atoms with van der Waals surface area (Å²) >= 11 is 0. The fraction of sp³-hybridized carbons (Fsp3) is 0.538. The van der Waals surface area contributed by atoms with Gasteiger partial charge in [0.25, 0.3) is 0 Å². The van der Waals surface area contributed by atoms with E-state index in [0.29, 0.717) is 6.54 Å². The molecule has 1 unspecified atom stereocenters. The Bertz CT molecular complexity index is 221. The molecule has 1 aromatic rings. The zero-order valence-electron chi connectivity index (χ0n) is 10.0. The van der Waals surface area contributed by atoms with Gasteiger partial charge in [-0.15, -0.1) is 0 Å². The maximum atomic E-state index is 8.72. The molecule has 2 N–H and O–H groups in total. The van der Waals surface area contributed by atoms with Gasteiger partial charge in [0.2, 0.25) is 0 Å². The number of benzene rings is 1. The minimum absolute atomic E-state index is 0.207. The van der Waals surface area contributed by atoms with Gasteiger partial charge in [0, 0.05) is 6.54 Å². The van der Waals surface area contributed by atoms with Crippen LogP contribution in [0, 0.1) is 6.92 Å². The van der Waals surface area contributed by atoms with Crippen molar-refractivity contribution < 1.29 is 5.11 Å². The van der Waals surface area contributed by atoms with Crippen molar-refractivity contribution in [3.63, 3.8) is 0 Å². The van der Waals surface area contributed by atoms with Crippen molar-refractivity contribution in [2.75, 3.05) is 13.1 Å². The molecular weight excluding hydrogens is 186 g/mol. The number of rotatable bonds is 4. The molecule has 0 aromatic heterocycles. The molecule has 0 aliphatic heterocycles. The summed E-state index contributed by atoms with van der Waals surface area (Å²) in [5.74, 6) is 0. The van der Waals surface area contributed by atoms with Gasteiger partial charge < -0.3 is 10.4 Å². The largest absolute Gasteiger partial charge is 0.392 e. The van der Waals surface area contributed by atoms with Crippen LogP contribution in [0.25, 0.3) is 0 Å². The van der Waals surface area contributed by atoms with Gasteiger partial charge in [0.1, 0.15) is 0 Å². The molecule has 0 amide bonds. The van der Waals surface area contributed by atoms with E-state index in [9.17, 15) is 0 Å². The third kappa shape index (κ3) is 11.1. The van der Waals surface area contributed by atoms with Crippen LogP contribution in [0.4, 0.5) is 0 Å². The Kier molecular flexibility index (Phi) is 9.13. The molecule has 0 spiro atoms. The average molecular weight is 209 g/mol. The molecule has 15 heavy (non-hydrogen) atoms. The lowest BCUT2D eigenvalue weighted by Gasteiger charge is -2.03. The molecule has 0 saturated carbocycles. The number of aryl methyl sites for hydroxylation is 1. The molecule has 0 aliphatic carbocycles. The molecule has 1 rings (SSSR count). The number of aliphatic hydroxyl groups is 1. The van der Waals surface area contributed by atoms with Crippen LogP contribution in [-0.4, -0.2) is 24.3 Å². The summed E-state index contributed by atoms with van der Waals surface area (Å²) in [6.07, 6.45) is 0.925. The first-order valence-electron chi connectivity index (χ1n) is 5.57. The van der Waals surface area contributed by atoms with Gasteiger partial charge in [0.05, 0.1) is 6.10 Å². The van der Waals surface area contributed by atoms with Gasteiger partial charge in [-0.2, -0.15) is 0 Å². The molecule has 1 aromatic carbocycles. The highest BCUT2D eigenvalue weighted by Crippen LogP contribution is 1.92. The van der Waals surface area contributed by atoms with E-state index < -0.39 is 0 Å². The predicted octanol–water partition coefficient (Wildman–Crippen LogP) is 2.36. The lowest BCUT2D eigenvalue weighted by Crippen LogP contribution is -2.24. The van der Waals surface area contributed by atoms with Gasteiger partial charge >= 0.3 is 0 Å². The molecule has 0 radical (unpaired) electrons. The SMILES string of the molecule is CCCNCC(C)O.Cc1ccccc1. The molecule has 2 heteroatoms. The smallest absolute Gasteiger partial charge is 0.0636 e. The molecule has 0 aliphatic rings. The third-order valence-electron chi connectivity index (χ3n) is 1.81. The normalized spacial score (nSPS) is 11.5. The lowest BCUT2D eigenvalue weighted by atomic mass is 10.2. The van der Waals surface area contributed by atoms with E-state index in [1.807, 2.05) is 18.2 Å². The predicted molar refractivity (Wildman–Crippen MR) is 66.0 cm³/mol.